The first-order chi connectivity index (χ1) is 17.0. The minimum absolute atomic E-state index is 0.0571. The lowest BCUT2D eigenvalue weighted by Gasteiger charge is -2.25. The molecule has 1 aliphatic carbocycles. The number of methoxy groups -OCH3 is 1. The molecule has 0 bridgehead atoms. The van der Waals surface area contributed by atoms with Gasteiger partial charge in [-0.1, -0.05) is 48.5 Å². The SMILES string of the molecule is COc1cc(CN(C[C@H]2CCCO2)S(=O)(=O)c2ccccc2)ccc1OC1Cc2ccccc2C1. The van der Waals surface area contributed by atoms with Crippen molar-refractivity contribution in [1.29, 1.82) is 0 Å². The number of hydrogen-bond acceptors (Lipinski definition) is 5. The Morgan fingerprint density at radius 1 is 0.943 bits per heavy atom. The molecule has 3 aromatic rings. The number of ether oxygens (including phenoxy) is 3. The van der Waals surface area contributed by atoms with Crippen LogP contribution in [0.5, 0.6) is 11.5 Å². The van der Waals surface area contributed by atoms with Crippen molar-refractivity contribution in [3.63, 3.8) is 0 Å². The van der Waals surface area contributed by atoms with Gasteiger partial charge < -0.3 is 14.2 Å². The average molecular weight is 494 g/mol. The Labute approximate surface area is 207 Å². The third-order valence-electron chi connectivity index (χ3n) is 6.71. The summed E-state index contributed by atoms with van der Waals surface area (Å²) in [5.74, 6) is 1.28. The van der Waals surface area contributed by atoms with Crippen molar-refractivity contribution in [1.82, 2.24) is 4.31 Å². The topological polar surface area (TPSA) is 65.1 Å². The fourth-order valence-electron chi connectivity index (χ4n) is 4.90. The molecule has 0 spiro atoms. The van der Waals surface area contributed by atoms with Crippen LogP contribution < -0.4 is 9.47 Å². The van der Waals surface area contributed by atoms with E-state index in [-0.39, 0.29) is 23.6 Å². The molecule has 0 N–H and O–H groups in total. The molecule has 7 heteroatoms. The number of benzene rings is 3. The molecule has 0 radical (unpaired) electrons. The second kappa shape index (κ2) is 10.4. The summed E-state index contributed by atoms with van der Waals surface area (Å²) < 4.78 is 46.2. The summed E-state index contributed by atoms with van der Waals surface area (Å²) >= 11 is 0. The fourth-order valence-corrected chi connectivity index (χ4v) is 6.38. The Balaban J connectivity index is 1.35. The van der Waals surface area contributed by atoms with Crippen LogP contribution in [0.2, 0.25) is 0 Å². The van der Waals surface area contributed by atoms with Crippen molar-refractivity contribution in [3.8, 4) is 11.5 Å². The summed E-state index contributed by atoms with van der Waals surface area (Å²) in [6, 6.07) is 22.7. The highest BCUT2D eigenvalue weighted by molar-refractivity contribution is 7.89. The highest BCUT2D eigenvalue weighted by Crippen LogP contribution is 2.33. The molecule has 0 unspecified atom stereocenters. The van der Waals surface area contributed by atoms with E-state index in [1.165, 1.54) is 15.4 Å². The smallest absolute Gasteiger partial charge is 0.243 e. The van der Waals surface area contributed by atoms with E-state index in [0.717, 1.165) is 31.2 Å². The molecule has 0 aromatic heterocycles. The monoisotopic (exact) mass is 493 g/mol. The third kappa shape index (κ3) is 5.37. The van der Waals surface area contributed by atoms with E-state index in [0.29, 0.717) is 24.7 Å². The third-order valence-corrected chi connectivity index (χ3v) is 8.53. The van der Waals surface area contributed by atoms with Crippen molar-refractivity contribution in [3.05, 3.63) is 89.5 Å². The summed E-state index contributed by atoms with van der Waals surface area (Å²) in [5, 5.41) is 0. The van der Waals surface area contributed by atoms with Crippen molar-refractivity contribution in [2.45, 2.75) is 49.3 Å². The van der Waals surface area contributed by atoms with Crippen molar-refractivity contribution < 1.29 is 22.6 Å². The van der Waals surface area contributed by atoms with E-state index in [1.54, 1.807) is 31.4 Å². The van der Waals surface area contributed by atoms with Crippen LogP contribution in [0.3, 0.4) is 0 Å². The maximum absolute atomic E-state index is 13.5. The molecular formula is C28H31NO5S. The molecule has 1 aliphatic heterocycles. The molecule has 3 aromatic carbocycles. The van der Waals surface area contributed by atoms with Gasteiger partial charge in [-0.25, -0.2) is 8.42 Å². The van der Waals surface area contributed by atoms with E-state index >= 15 is 0 Å². The molecule has 1 fully saturated rings. The van der Waals surface area contributed by atoms with Gasteiger partial charge in [0, 0.05) is 32.5 Å². The van der Waals surface area contributed by atoms with Gasteiger partial charge in [0.25, 0.3) is 0 Å². The molecule has 2 aliphatic rings. The molecule has 0 amide bonds. The fraction of sp³-hybridized carbons (Fsp3) is 0.357. The van der Waals surface area contributed by atoms with Crippen molar-refractivity contribution in [2.75, 3.05) is 20.3 Å². The molecule has 1 heterocycles. The zero-order valence-electron chi connectivity index (χ0n) is 19.9. The van der Waals surface area contributed by atoms with E-state index in [2.05, 4.69) is 24.3 Å². The minimum Gasteiger partial charge on any atom is -0.493 e. The van der Waals surface area contributed by atoms with Gasteiger partial charge in [0.05, 0.1) is 18.1 Å². The number of nitrogens with zero attached hydrogens (tertiary/aromatic N) is 1. The predicted octanol–water partition coefficient (Wildman–Crippen LogP) is 4.61. The van der Waals surface area contributed by atoms with Gasteiger partial charge in [-0.3, -0.25) is 0 Å². The first-order valence-corrected chi connectivity index (χ1v) is 13.5. The van der Waals surface area contributed by atoms with Gasteiger partial charge in [-0.05, 0) is 53.8 Å². The lowest BCUT2D eigenvalue weighted by Crippen LogP contribution is -2.37. The van der Waals surface area contributed by atoms with Gasteiger partial charge in [-0.15, -0.1) is 0 Å². The van der Waals surface area contributed by atoms with E-state index < -0.39 is 10.0 Å². The lowest BCUT2D eigenvalue weighted by molar-refractivity contribution is 0.0925. The first-order valence-electron chi connectivity index (χ1n) is 12.1. The Morgan fingerprint density at radius 3 is 2.31 bits per heavy atom. The number of rotatable bonds is 9. The second-order valence-corrected chi connectivity index (χ2v) is 11.1. The minimum atomic E-state index is -3.68. The van der Waals surface area contributed by atoms with Crippen LogP contribution in [0.1, 0.15) is 29.5 Å². The Bertz CT molecular complexity index is 1230. The maximum Gasteiger partial charge on any atom is 0.243 e. The Kier molecular flexibility index (Phi) is 7.09. The second-order valence-electron chi connectivity index (χ2n) is 9.15. The molecule has 1 atom stereocenters. The van der Waals surface area contributed by atoms with Gasteiger partial charge in [0.15, 0.2) is 11.5 Å². The molecular weight excluding hydrogens is 462 g/mol. The van der Waals surface area contributed by atoms with Gasteiger partial charge >= 0.3 is 0 Å². The molecule has 6 nitrogen and oxygen atoms in total. The molecule has 1 saturated heterocycles. The van der Waals surface area contributed by atoms with Crippen LogP contribution in [0, 0.1) is 0 Å². The summed E-state index contributed by atoms with van der Waals surface area (Å²) in [4.78, 5) is 0.283. The van der Waals surface area contributed by atoms with Gasteiger partial charge in [-0.2, -0.15) is 4.31 Å². The van der Waals surface area contributed by atoms with Crippen LogP contribution in [0.25, 0.3) is 0 Å². The van der Waals surface area contributed by atoms with Crippen LogP contribution in [0.15, 0.2) is 77.7 Å². The van der Waals surface area contributed by atoms with Crippen LogP contribution >= 0.6 is 0 Å². The quantitative estimate of drug-likeness (QED) is 0.436. The van der Waals surface area contributed by atoms with Gasteiger partial charge in [0.2, 0.25) is 10.0 Å². The lowest BCUT2D eigenvalue weighted by atomic mass is 10.1. The zero-order chi connectivity index (χ0) is 24.3. The summed E-state index contributed by atoms with van der Waals surface area (Å²) in [7, 11) is -2.07. The zero-order valence-corrected chi connectivity index (χ0v) is 20.7. The van der Waals surface area contributed by atoms with Crippen LogP contribution in [-0.2, 0) is 34.1 Å². The van der Waals surface area contributed by atoms with Crippen molar-refractivity contribution >= 4 is 10.0 Å². The van der Waals surface area contributed by atoms with Crippen LogP contribution in [0.4, 0.5) is 0 Å². The summed E-state index contributed by atoms with van der Waals surface area (Å²) in [6.45, 7) is 1.22. The molecule has 184 valence electrons. The predicted molar refractivity (Wildman–Crippen MR) is 134 cm³/mol. The average Bonchev–Trinajstić information content (AvgIpc) is 3.54. The summed E-state index contributed by atoms with van der Waals surface area (Å²) in [6.07, 6.45) is 3.51. The molecule has 0 saturated carbocycles. The van der Waals surface area contributed by atoms with Gasteiger partial charge in [0.1, 0.15) is 6.10 Å². The van der Waals surface area contributed by atoms with Crippen molar-refractivity contribution in [2.24, 2.45) is 0 Å². The standard InChI is InChI=1S/C28H31NO5S/c1-32-28-16-21(13-14-27(28)34-25-17-22-8-5-6-9-23(22)18-25)19-29(20-24-10-7-15-33-24)35(30,31)26-11-3-2-4-12-26/h2-6,8-9,11-14,16,24-25H,7,10,15,17-20H2,1H3/t24-/m1/s1. The Hall–Kier alpha value is -2.87. The Morgan fingerprint density at radius 2 is 1.66 bits per heavy atom. The molecule has 35 heavy (non-hydrogen) atoms. The first kappa shape index (κ1) is 23.9. The number of hydrogen-bond donors (Lipinski definition) is 0. The number of sulfonamides is 1. The van der Waals surface area contributed by atoms with E-state index in [9.17, 15) is 8.42 Å². The summed E-state index contributed by atoms with van der Waals surface area (Å²) in [5.41, 5.74) is 3.48. The largest absolute Gasteiger partial charge is 0.493 e. The highest BCUT2D eigenvalue weighted by Gasteiger charge is 2.30. The normalized spacial score (nSPS) is 18.1. The van der Waals surface area contributed by atoms with E-state index in [1.807, 2.05) is 24.3 Å². The maximum atomic E-state index is 13.5. The van der Waals surface area contributed by atoms with E-state index in [4.69, 9.17) is 14.2 Å². The number of fused-ring (bicyclic) bond motifs is 1. The van der Waals surface area contributed by atoms with Crippen LogP contribution in [-0.4, -0.2) is 45.2 Å². The highest BCUT2D eigenvalue weighted by atomic mass is 32.2. The molecule has 5 rings (SSSR count).